The highest BCUT2D eigenvalue weighted by Crippen LogP contribution is 2.34. The van der Waals surface area contributed by atoms with Gasteiger partial charge in [-0.25, -0.2) is 4.79 Å². The van der Waals surface area contributed by atoms with E-state index in [1.165, 1.54) is 18.2 Å². The van der Waals surface area contributed by atoms with Crippen LogP contribution in [-0.2, 0) is 4.74 Å². The maximum atomic E-state index is 12.3. The largest absolute Gasteiger partial charge is 0.465 e. The van der Waals surface area contributed by atoms with Crippen LogP contribution in [0.4, 0.5) is 5.00 Å². The fourth-order valence-corrected chi connectivity index (χ4v) is 3.61. The van der Waals surface area contributed by atoms with Gasteiger partial charge < -0.3 is 15.0 Å². The maximum absolute atomic E-state index is 12.3. The average Bonchev–Trinajstić information content (AvgIpc) is 3.01. The number of aromatic nitrogens is 1. The molecule has 0 aliphatic carbocycles. The zero-order valence-electron chi connectivity index (χ0n) is 15.7. The van der Waals surface area contributed by atoms with Crippen LogP contribution in [0.1, 0.15) is 36.0 Å². The highest BCUT2D eigenvalue weighted by atomic mass is 32.1. The van der Waals surface area contributed by atoms with Gasteiger partial charge in [-0.2, -0.15) is 0 Å². The lowest BCUT2D eigenvalue weighted by atomic mass is 10.1. The first-order chi connectivity index (χ1) is 13.3. The molecule has 0 bridgehead atoms. The molecule has 0 aliphatic heterocycles. The molecule has 0 radical (unpaired) electrons. The van der Waals surface area contributed by atoms with Gasteiger partial charge >= 0.3 is 5.97 Å². The van der Waals surface area contributed by atoms with Gasteiger partial charge in [0.25, 0.3) is 11.8 Å². The monoisotopic (exact) mass is 421 g/mol. The molecule has 0 saturated carbocycles. The number of hydrogen-bond donors (Lipinski definition) is 3. The van der Waals surface area contributed by atoms with Crippen LogP contribution in [0.15, 0.2) is 24.5 Å². The van der Waals surface area contributed by atoms with Gasteiger partial charge in [0.15, 0.2) is 5.11 Å². The molecule has 0 saturated heterocycles. The van der Waals surface area contributed by atoms with Crippen molar-refractivity contribution in [3.8, 4) is 0 Å². The van der Waals surface area contributed by atoms with Crippen LogP contribution in [-0.4, -0.2) is 54.0 Å². The number of ether oxygens (including phenoxy) is 1. The number of nitrogens with zero attached hydrogens (tertiary/aromatic N) is 2. The second-order valence-corrected chi connectivity index (χ2v) is 7.16. The molecule has 11 heteroatoms. The van der Waals surface area contributed by atoms with Crippen molar-refractivity contribution >= 4 is 51.5 Å². The standard InChI is InChI=1S/C17H19N5O4S2/c1-9-11(16(25)26-4)14(28-12(9)15(24)22(2)3)19-17(27)21-20-13(23)10-6-5-7-18-8-10/h5-8H,1-4H3,(H,20,23)(H2,19,21,27). The number of methoxy groups -OCH3 is 1. The van der Waals surface area contributed by atoms with Gasteiger partial charge in [0.2, 0.25) is 0 Å². The molecular weight excluding hydrogens is 402 g/mol. The summed E-state index contributed by atoms with van der Waals surface area (Å²) >= 11 is 6.24. The van der Waals surface area contributed by atoms with E-state index in [9.17, 15) is 14.4 Å². The second kappa shape index (κ2) is 9.24. The van der Waals surface area contributed by atoms with Crippen LogP contribution in [0.3, 0.4) is 0 Å². The summed E-state index contributed by atoms with van der Waals surface area (Å²) in [6.45, 7) is 1.66. The van der Waals surface area contributed by atoms with Crippen LogP contribution in [0, 0.1) is 6.92 Å². The van der Waals surface area contributed by atoms with Gasteiger partial charge in [0.1, 0.15) is 5.00 Å². The van der Waals surface area contributed by atoms with Gasteiger partial charge in [-0.15, -0.1) is 11.3 Å². The highest BCUT2D eigenvalue weighted by Gasteiger charge is 2.26. The third-order valence-corrected chi connectivity index (χ3v) is 4.98. The van der Waals surface area contributed by atoms with Crippen molar-refractivity contribution in [2.75, 3.05) is 26.5 Å². The average molecular weight is 422 g/mol. The van der Waals surface area contributed by atoms with Gasteiger partial charge in [-0.1, -0.05) is 0 Å². The summed E-state index contributed by atoms with van der Waals surface area (Å²) < 4.78 is 4.81. The SMILES string of the molecule is COC(=O)c1c(NC(=S)NNC(=O)c2cccnc2)sc(C(=O)N(C)C)c1C. The fraction of sp³-hybridized carbons (Fsp3) is 0.235. The molecule has 2 aromatic heterocycles. The summed E-state index contributed by atoms with van der Waals surface area (Å²) in [4.78, 5) is 42.2. The third-order valence-electron chi connectivity index (χ3n) is 3.58. The van der Waals surface area contributed by atoms with Crippen LogP contribution in [0.2, 0.25) is 0 Å². The van der Waals surface area contributed by atoms with Crippen molar-refractivity contribution in [3.05, 3.63) is 46.1 Å². The van der Waals surface area contributed by atoms with E-state index in [0.29, 0.717) is 21.0 Å². The van der Waals surface area contributed by atoms with E-state index in [1.54, 1.807) is 39.3 Å². The molecule has 2 heterocycles. The summed E-state index contributed by atoms with van der Waals surface area (Å²) in [5.74, 6) is -1.28. The minimum atomic E-state index is -0.601. The molecule has 9 nitrogen and oxygen atoms in total. The summed E-state index contributed by atoms with van der Waals surface area (Å²) in [6, 6.07) is 3.23. The van der Waals surface area contributed by atoms with Crippen molar-refractivity contribution in [2.24, 2.45) is 0 Å². The zero-order chi connectivity index (χ0) is 20.8. The van der Waals surface area contributed by atoms with Crippen LogP contribution >= 0.6 is 23.6 Å². The molecule has 2 aromatic rings. The Labute approximate surface area is 171 Å². The Bertz CT molecular complexity index is 912. The van der Waals surface area contributed by atoms with Crippen LogP contribution in [0.25, 0.3) is 0 Å². The number of esters is 1. The number of pyridine rings is 1. The number of anilines is 1. The molecule has 0 spiro atoms. The van der Waals surface area contributed by atoms with Gasteiger partial charge in [-0.3, -0.25) is 25.4 Å². The van der Waals surface area contributed by atoms with Gasteiger partial charge in [0, 0.05) is 26.5 Å². The van der Waals surface area contributed by atoms with Crippen molar-refractivity contribution in [3.63, 3.8) is 0 Å². The Morgan fingerprint density at radius 1 is 1.25 bits per heavy atom. The zero-order valence-corrected chi connectivity index (χ0v) is 17.3. The summed E-state index contributed by atoms with van der Waals surface area (Å²) in [6.07, 6.45) is 2.96. The molecule has 2 rings (SSSR count). The number of hydrazine groups is 1. The number of thiophene rings is 1. The molecule has 0 aromatic carbocycles. The Kier molecular flexibility index (Phi) is 7.01. The molecule has 148 valence electrons. The fourth-order valence-electron chi connectivity index (χ4n) is 2.17. The molecule has 0 atom stereocenters. The molecule has 3 N–H and O–H groups in total. The van der Waals surface area contributed by atoms with Gasteiger partial charge in [0.05, 0.1) is 23.1 Å². The topological polar surface area (TPSA) is 113 Å². The summed E-state index contributed by atoms with van der Waals surface area (Å²) in [5.41, 5.74) is 6.01. The first kappa shape index (κ1) is 21.3. The second-order valence-electron chi connectivity index (χ2n) is 5.73. The van der Waals surface area contributed by atoms with Crippen molar-refractivity contribution in [1.82, 2.24) is 20.7 Å². The summed E-state index contributed by atoms with van der Waals surface area (Å²) in [5, 5.41) is 3.20. The predicted molar refractivity (Wildman–Crippen MR) is 109 cm³/mol. The maximum Gasteiger partial charge on any atom is 0.341 e. The number of rotatable bonds is 4. The number of amides is 2. The first-order valence-corrected chi connectivity index (χ1v) is 9.19. The quantitative estimate of drug-likeness (QED) is 0.387. The highest BCUT2D eigenvalue weighted by molar-refractivity contribution is 7.80. The number of hydrogen-bond acceptors (Lipinski definition) is 7. The molecule has 2 amide bonds. The Hall–Kier alpha value is -3.05. The van der Waals surface area contributed by atoms with E-state index >= 15 is 0 Å². The van der Waals surface area contributed by atoms with Crippen LogP contribution < -0.4 is 16.2 Å². The minimum Gasteiger partial charge on any atom is -0.465 e. The Morgan fingerprint density at radius 2 is 1.96 bits per heavy atom. The number of nitrogens with one attached hydrogen (secondary N) is 3. The van der Waals surface area contributed by atoms with E-state index < -0.39 is 11.9 Å². The van der Waals surface area contributed by atoms with E-state index in [2.05, 4.69) is 21.2 Å². The van der Waals surface area contributed by atoms with Crippen molar-refractivity contribution < 1.29 is 19.1 Å². The Balaban J connectivity index is 2.16. The lowest BCUT2D eigenvalue weighted by molar-refractivity contribution is 0.0601. The number of thiocarbonyl (C=S) groups is 1. The first-order valence-electron chi connectivity index (χ1n) is 7.97. The van der Waals surface area contributed by atoms with Crippen LogP contribution in [0.5, 0.6) is 0 Å². The molecule has 0 fully saturated rings. The molecule has 28 heavy (non-hydrogen) atoms. The summed E-state index contributed by atoms with van der Waals surface area (Å²) in [7, 11) is 4.49. The lowest BCUT2D eigenvalue weighted by Crippen LogP contribution is -2.43. The number of carbonyl (C=O) groups is 3. The smallest absolute Gasteiger partial charge is 0.341 e. The third kappa shape index (κ3) is 4.81. The molecular formula is C17H19N5O4S2. The molecule has 0 aliphatic rings. The minimum absolute atomic E-state index is 0.0347. The lowest BCUT2D eigenvalue weighted by Gasteiger charge is -2.11. The normalized spacial score (nSPS) is 10.0. The van der Waals surface area contributed by atoms with E-state index in [1.807, 2.05) is 0 Å². The Morgan fingerprint density at radius 3 is 2.54 bits per heavy atom. The van der Waals surface area contributed by atoms with E-state index in [0.717, 1.165) is 11.3 Å². The van der Waals surface area contributed by atoms with Crippen molar-refractivity contribution in [1.29, 1.82) is 0 Å². The predicted octanol–water partition coefficient (Wildman–Crippen LogP) is 1.57. The van der Waals surface area contributed by atoms with Crippen molar-refractivity contribution in [2.45, 2.75) is 6.92 Å². The van der Waals surface area contributed by atoms with Gasteiger partial charge in [-0.05, 0) is 36.8 Å². The van der Waals surface area contributed by atoms with E-state index in [-0.39, 0.29) is 16.6 Å². The van der Waals surface area contributed by atoms with E-state index in [4.69, 9.17) is 17.0 Å². The number of carbonyl (C=O) groups excluding carboxylic acids is 3. The molecule has 0 unspecified atom stereocenters.